The lowest BCUT2D eigenvalue weighted by atomic mass is 9.83. The van der Waals surface area contributed by atoms with Gasteiger partial charge >= 0.3 is 11.9 Å². The highest BCUT2D eigenvalue weighted by atomic mass is 32.2. The molecule has 0 saturated heterocycles. The van der Waals surface area contributed by atoms with Crippen LogP contribution in [-0.4, -0.2) is 43.4 Å². The summed E-state index contributed by atoms with van der Waals surface area (Å²) in [6.07, 6.45) is 2.62. The molecule has 1 unspecified atom stereocenters. The third kappa shape index (κ3) is 3.44. The van der Waals surface area contributed by atoms with Crippen LogP contribution in [-0.2, 0) is 24.3 Å². The summed E-state index contributed by atoms with van der Waals surface area (Å²) >= 11 is 0. The third-order valence-electron chi connectivity index (χ3n) is 3.45. The van der Waals surface area contributed by atoms with Crippen molar-refractivity contribution in [1.82, 2.24) is 4.72 Å². The van der Waals surface area contributed by atoms with Crippen LogP contribution >= 0.6 is 0 Å². The molecule has 0 aliphatic heterocycles. The van der Waals surface area contributed by atoms with Crippen LogP contribution < -0.4 is 4.72 Å². The molecule has 19 heavy (non-hydrogen) atoms. The number of methoxy groups -OCH3 is 1. The molecule has 0 aromatic carbocycles. The van der Waals surface area contributed by atoms with Gasteiger partial charge in [-0.3, -0.25) is 9.59 Å². The minimum absolute atomic E-state index is 0.232. The first kappa shape index (κ1) is 15.9. The molecule has 2 N–H and O–H groups in total. The van der Waals surface area contributed by atoms with Crippen molar-refractivity contribution in [2.75, 3.05) is 7.11 Å². The molecule has 110 valence electrons. The van der Waals surface area contributed by atoms with Crippen molar-refractivity contribution in [3.05, 3.63) is 0 Å². The van der Waals surface area contributed by atoms with Gasteiger partial charge in [-0.2, -0.15) is 4.72 Å². The van der Waals surface area contributed by atoms with E-state index in [2.05, 4.69) is 9.46 Å². The summed E-state index contributed by atoms with van der Waals surface area (Å²) in [4.78, 5) is 22.7. The summed E-state index contributed by atoms with van der Waals surface area (Å²) in [5.74, 6) is -2.11. The maximum absolute atomic E-state index is 12.0. The maximum atomic E-state index is 12.0. The third-order valence-corrected chi connectivity index (χ3v) is 5.25. The molecule has 8 heteroatoms. The molecule has 1 fully saturated rings. The maximum Gasteiger partial charge on any atom is 0.325 e. The van der Waals surface area contributed by atoms with E-state index in [1.54, 1.807) is 0 Å². The molecule has 0 aromatic rings. The Morgan fingerprint density at radius 2 is 1.79 bits per heavy atom. The Balaban J connectivity index is 2.96. The van der Waals surface area contributed by atoms with Crippen molar-refractivity contribution in [2.45, 2.75) is 49.8 Å². The Morgan fingerprint density at radius 1 is 1.26 bits per heavy atom. The lowest BCUT2D eigenvalue weighted by Crippen LogP contribution is -2.58. The van der Waals surface area contributed by atoms with Gasteiger partial charge in [0.1, 0.15) is 5.54 Å². The standard InChI is InChI=1S/C11H19NO6S/c1-8(9(13)18-2)19(16,17)12-11(10(14)15)6-4-3-5-7-11/h8,12H,3-7H2,1-2H3,(H,14,15). The average molecular weight is 293 g/mol. The molecular weight excluding hydrogens is 274 g/mol. The topological polar surface area (TPSA) is 110 Å². The second-order valence-corrected chi connectivity index (χ2v) is 6.76. The van der Waals surface area contributed by atoms with E-state index in [0.717, 1.165) is 13.5 Å². The zero-order chi connectivity index (χ0) is 14.7. The van der Waals surface area contributed by atoms with Crippen molar-refractivity contribution in [1.29, 1.82) is 0 Å². The minimum Gasteiger partial charge on any atom is -0.480 e. The number of ether oxygens (including phenoxy) is 1. The van der Waals surface area contributed by atoms with Crippen molar-refractivity contribution in [3.8, 4) is 0 Å². The summed E-state index contributed by atoms with van der Waals surface area (Å²) in [5, 5.41) is 7.85. The molecular formula is C11H19NO6S. The van der Waals surface area contributed by atoms with Gasteiger partial charge in [-0.25, -0.2) is 8.42 Å². The molecule has 1 saturated carbocycles. The summed E-state index contributed by atoms with van der Waals surface area (Å²) in [7, 11) is -2.99. The quantitative estimate of drug-likeness (QED) is 0.703. The van der Waals surface area contributed by atoms with E-state index in [1.165, 1.54) is 6.92 Å². The molecule has 0 heterocycles. The lowest BCUT2D eigenvalue weighted by molar-refractivity contribution is -0.145. The van der Waals surface area contributed by atoms with E-state index in [9.17, 15) is 23.1 Å². The fourth-order valence-electron chi connectivity index (χ4n) is 2.17. The van der Waals surface area contributed by atoms with E-state index in [4.69, 9.17) is 0 Å². The average Bonchev–Trinajstić information content (AvgIpc) is 2.37. The van der Waals surface area contributed by atoms with E-state index in [0.29, 0.717) is 12.8 Å². The van der Waals surface area contributed by atoms with Gasteiger partial charge in [-0.1, -0.05) is 19.3 Å². The molecule has 1 rings (SSSR count). The smallest absolute Gasteiger partial charge is 0.325 e. The second-order valence-electron chi connectivity index (χ2n) is 4.76. The fourth-order valence-corrected chi connectivity index (χ4v) is 3.53. The number of carbonyl (C=O) groups excluding carboxylic acids is 1. The highest BCUT2D eigenvalue weighted by Crippen LogP contribution is 2.29. The fraction of sp³-hybridized carbons (Fsp3) is 0.818. The first-order valence-electron chi connectivity index (χ1n) is 6.09. The van der Waals surface area contributed by atoms with Gasteiger partial charge in [-0.05, 0) is 19.8 Å². The first-order chi connectivity index (χ1) is 8.75. The number of nitrogens with one attached hydrogen (secondary N) is 1. The monoisotopic (exact) mass is 293 g/mol. The Labute approximate surface area is 112 Å². The highest BCUT2D eigenvalue weighted by Gasteiger charge is 2.45. The Morgan fingerprint density at radius 3 is 2.21 bits per heavy atom. The largest absolute Gasteiger partial charge is 0.480 e. The Hall–Kier alpha value is -1.15. The van der Waals surface area contributed by atoms with Crippen molar-refractivity contribution >= 4 is 22.0 Å². The van der Waals surface area contributed by atoms with Crippen LogP contribution in [0.4, 0.5) is 0 Å². The van der Waals surface area contributed by atoms with E-state index in [1.807, 2.05) is 0 Å². The van der Waals surface area contributed by atoms with Crippen LogP contribution in [0, 0.1) is 0 Å². The minimum atomic E-state index is -4.08. The van der Waals surface area contributed by atoms with Gasteiger partial charge in [0, 0.05) is 0 Å². The van der Waals surface area contributed by atoms with Gasteiger partial charge in [-0.15, -0.1) is 0 Å². The molecule has 0 aromatic heterocycles. The van der Waals surface area contributed by atoms with Crippen LogP contribution in [0.15, 0.2) is 0 Å². The Bertz CT molecular complexity index is 452. The summed E-state index contributed by atoms with van der Waals surface area (Å²) in [6, 6.07) is 0. The van der Waals surface area contributed by atoms with Gasteiger partial charge in [0.2, 0.25) is 10.0 Å². The van der Waals surface area contributed by atoms with Crippen LogP contribution in [0.5, 0.6) is 0 Å². The molecule has 1 aliphatic rings. The number of aliphatic carboxylic acids is 1. The molecule has 0 bridgehead atoms. The van der Waals surface area contributed by atoms with Gasteiger partial charge in [0.25, 0.3) is 0 Å². The molecule has 0 amide bonds. The number of carboxylic acid groups (broad SMARTS) is 1. The van der Waals surface area contributed by atoms with E-state index in [-0.39, 0.29) is 12.8 Å². The highest BCUT2D eigenvalue weighted by molar-refractivity contribution is 7.90. The first-order valence-corrected chi connectivity index (χ1v) is 7.64. The number of hydrogen-bond acceptors (Lipinski definition) is 5. The molecule has 7 nitrogen and oxygen atoms in total. The molecule has 0 radical (unpaired) electrons. The van der Waals surface area contributed by atoms with E-state index < -0.39 is 32.8 Å². The zero-order valence-corrected chi connectivity index (χ0v) is 11.8. The van der Waals surface area contributed by atoms with Crippen molar-refractivity contribution in [3.63, 3.8) is 0 Å². The molecule has 1 aliphatic carbocycles. The van der Waals surface area contributed by atoms with E-state index >= 15 is 0 Å². The number of esters is 1. The van der Waals surface area contributed by atoms with Gasteiger partial charge < -0.3 is 9.84 Å². The predicted octanol–water partition coefficient (Wildman–Crippen LogP) is 0.255. The zero-order valence-electron chi connectivity index (χ0n) is 11.0. The second kappa shape index (κ2) is 5.87. The van der Waals surface area contributed by atoms with Crippen molar-refractivity contribution in [2.24, 2.45) is 0 Å². The van der Waals surface area contributed by atoms with Crippen LogP contribution in [0.1, 0.15) is 39.0 Å². The number of rotatable bonds is 5. The number of carboxylic acids is 1. The number of carbonyl (C=O) groups is 2. The normalized spacial score (nSPS) is 20.5. The summed E-state index contributed by atoms with van der Waals surface area (Å²) in [6.45, 7) is 1.17. The summed E-state index contributed by atoms with van der Waals surface area (Å²) in [5.41, 5.74) is -1.50. The van der Waals surface area contributed by atoms with Crippen LogP contribution in [0.3, 0.4) is 0 Å². The molecule has 0 spiro atoms. The SMILES string of the molecule is COC(=O)C(C)S(=O)(=O)NC1(C(=O)O)CCCCC1. The van der Waals surface area contributed by atoms with Gasteiger partial charge in [0.15, 0.2) is 5.25 Å². The summed E-state index contributed by atoms with van der Waals surface area (Å²) < 4.78 is 30.6. The predicted molar refractivity (Wildman–Crippen MR) is 67.0 cm³/mol. The van der Waals surface area contributed by atoms with Crippen molar-refractivity contribution < 1.29 is 27.9 Å². The molecule has 1 atom stereocenters. The van der Waals surface area contributed by atoms with Crippen LogP contribution in [0.25, 0.3) is 0 Å². The van der Waals surface area contributed by atoms with Crippen LogP contribution in [0.2, 0.25) is 0 Å². The lowest BCUT2D eigenvalue weighted by Gasteiger charge is -2.34. The van der Waals surface area contributed by atoms with Gasteiger partial charge in [0.05, 0.1) is 7.11 Å². The Kier molecular flexibility index (Phi) is 4.92. The number of sulfonamides is 1. The number of hydrogen-bond donors (Lipinski definition) is 2.